The molecule has 6 heteroatoms. The second-order valence-corrected chi connectivity index (χ2v) is 4.92. The Morgan fingerprint density at radius 3 is 2.70 bits per heavy atom. The van der Waals surface area contributed by atoms with Crippen LogP contribution >= 0.6 is 0 Å². The van der Waals surface area contributed by atoms with E-state index in [2.05, 4.69) is 10.3 Å². The summed E-state index contributed by atoms with van der Waals surface area (Å²) in [5.74, 6) is 0.194. The number of nitrogens with one attached hydrogen (secondary N) is 1. The van der Waals surface area contributed by atoms with Crippen molar-refractivity contribution in [3.8, 4) is 0 Å². The van der Waals surface area contributed by atoms with Gasteiger partial charge in [0.2, 0.25) is 5.96 Å². The van der Waals surface area contributed by atoms with Crippen LogP contribution in [0.5, 0.6) is 0 Å². The maximum Gasteiger partial charge on any atom is 0.414 e. The van der Waals surface area contributed by atoms with Crippen molar-refractivity contribution in [2.75, 3.05) is 13.6 Å². The van der Waals surface area contributed by atoms with E-state index in [1.807, 2.05) is 11.9 Å². The molecule has 108 valence electrons. The number of halogens is 1. The van der Waals surface area contributed by atoms with Gasteiger partial charge in [-0.25, -0.2) is 9.18 Å². The van der Waals surface area contributed by atoms with Crippen LogP contribution in [0, 0.1) is 5.82 Å². The van der Waals surface area contributed by atoms with E-state index in [0.29, 0.717) is 12.5 Å². The molecule has 1 atom stereocenters. The van der Waals surface area contributed by atoms with E-state index in [-0.39, 0.29) is 18.0 Å². The molecule has 0 fully saturated rings. The van der Waals surface area contributed by atoms with E-state index >= 15 is 0 Å². The number of carbonyl (C=O) groups is 1. The molecule has 0 saturated carbocycles. The molecule has 1 heterocycles. The average Bonchev–Trinajstić information content (AvgIpc) is 2.71. The summed E-state index contributed by atoms with van der Waals surface area (Å²) >= 11 is 0. The number of alkyl carbamates (subject to hydrolysis) is 1. The Kier molecular flexibility index (Phi) is 4.22. The van der Waals surface area contributed by atoms with E-state index < -0.39 is 6.09 Å². The van der Waals surface area contributed by atoms with E-state index in [0.717, 1.165) is 5.56 Å². The highest BCUT2D eigenvalue weighted by atomic mass is 19.1. The zero-order chi connectivity index (χ0) is 14.7. The fraction of sp³-hybridized carbons (Fsp3) is 0.429. The first-order valence-corrected chi connectivity index (χ1v) is 6.47. The summed E-state index contributed by atoms with van der Waals surface area (Å²) in [6.07, 6.45) is -0.708. The monoisotopic (exact) mass is 279 g/mol. The third-order valence-corrected chi connectivity index (χ3v) is 3.03. The summed E-state index contributed by atoms with van der Waals surface area (Å²) in [7, 11) is 1.83. The zero-order valence-electron chi connectivity index (χ0n) is 11.8. The van der Waals surface area contributed by atoms with Gasteiger partial charge in [0.05, 0.1) is 18.7 Å². The molecule has 20 heavy (non-hydrogen) atoms. The van der Waals surface area contributed by atoms with E-state index in [1.54, 1.807) is 26.0 Å². The predicted molar refractivity (Wildman–Crippen MR) is 74.0 cm³/mol. The molecule has 0 spiro atoms. The summed E-state index contributed by atoms with van der Waals surface area (Å²) in [5, 5.41) is 2.61. The normalized spacial score (nSPS) is 18.1. The largest absolute Gasteiger partial charge is 0.447 e. The van der Waals surface area contributed by atoms with Gasteiger partial charge in [-0.2, -0.15) is 0 Å². The van der Waals surface area contributed by atoms with E-state index in [4.69, 9.17) is 4.74 Å². The van der Waals surface area contributed by atoms with Gasteiger partial charge in [-0.1, -0.05) is 12.1 Å². The lowest BCUT2D eigenvalue weighted by atomic mass is 10.1. The number of nitrogens with zero attached hydrogens (tertiary/aromatic N) is 2. The number of aliphatic imine (C=N–C) groups is 1. The van der Waals surface area contributed by atoms with Gasteiger partial charge in [0.15, 0.2) is 0 Å². The maximum absolute atomic E-state index is 12.9. The number of hydrogen-bond donors (Lipinski definition) is 1. The van der Waals surface area contributed by atoms with Crippen LogP contribution < -0.4 is 5.32 Å². The quantitative estimate of drug-likeness (QED) is 0.903. The van der Waals surface area contributed by atoms with Gasteiger partial charge in [0.25, 0.3) is 0 Å². The highest BCUT2D eigenvalue weighted by molar-refractivity contribution is 5.95. The minimum atomic E-state index is -0.523. The number of benzene rings is 1. The fourth-order valence-electron chi connectivity index (χ4n) is 2.03. The molecule has 0 aliphatic carbocycles. The lowest BCUT2D eigenvalue weighted by Gasteiger charge is -2.23. The molecule has 0 radical (unpaired) electrons. The van der Waals surface area contributed by atoms with Gasteiger partial charge in [-0.15, -0.1) is 0 Å². The molecule has 1 aromatic carbocycles. The number of guanidine groups is 1. The van der Waals surface area contributed by atoms with Crippen LogP contribution in [0.15, 0.2) is 29.3 Å². The Bertz CT molecular complexity index is 514. The van der Waals surface area contributed by atoms with Crippen molar-refractivity contribution in [1.29, 1.82) is 0 Å². The lowest BCUT2D eigenvalue weighted by molar-refractivity contribution is 0.119. The Labute approximate surface area is 117 Å². The third-order valence-electron chi connectivity index (χ3n) is 3.03. The average molecular weight is 279 g/mol. The lowest BCUT2D eigenvalue weighted by Crippen LogP contribution is -2.41. The van der Waals surface area contributed by atoms with Gasteiger partial charge in [0, 0.05) is 7.05 Å². The van der Waals surface area contributed by atoms with Crippen LogP contribution in [-0.4, -0.2) is 36.6 Å². The Balaban J connectivity index is 1.99. The van der Waals surface area contributed by atoms with Crippen molar-refractivity contribution < 1.29 is 13.9 Å². The molecule has 0 saturated heterocycles. The molecule has 1 aromatic rings. The van der Waals surface area contributed by atoms with Crippen molar-refractivity contribution in [1.82, 2.24) is 10.2 Å². The molecule has 0 bridgehead atoms. The van der Waals surface area contributed by atoms with Crippen LogP contribution in [0.1, 0.15) is 25.5 Å². The smallest absolute Gasteiger partial charge is 0.414 e. The van der Waals surface area contributed by atoms with Gasteiger partial charge in [-0.3, -0.25) is 10.3 Å². The molecule has 1 N–H and O–H groups in total. The van der Waals surface area contributed by atoms with E-state index in [1.165, 1.54) is 12.1 Å². The summed E-state index contributed by atoms with van der Waals surface area (Å²) in [6.45, 7) is 4.07. The highest BCUT2D eigenvalue weighted by Gasteiger charge is 2.27. The minimum Gasteiger partial charge on any atom is -0.447 e. The molecular weight excluding hydrogens is 261 g/mol. The van der Waals surface area contributed by atoms with Gasteiger partial charge in [0.1, 0.15) is 5.82 Å². The molecular formula is C14H18FN3O2. The van der Waals surface area contributed by atoms with Crippen LogP contribution in [0.2, 0.25) is 0 Å². The fourth-order valence-corrected chi connectivity index (χ4v) is 2.03. The predicted octanol–water partition coefficient (Wildman–Crippen LogP) is 2.30. The van der Waals surface area contributed by atoms with Gasteiger partial charge in [-0.05, 0) is 31.5 Å². The first-order valence-electron chi connectivity index (χ1n) is 6.47. The Morgan fingerprint density at radius 2 is 2.10 bits per heavy atom. The molecule has 1 aliphatic heterocycles. The second-order valence-electron chi connectivity index (χ2n) is 4.92. The van der Waals surface area contributed by atoms with E-state index in [9.17, 15) is 9.18 Å². The van der Waals surface area contributed by atoms with Crippen LogP contribution in [-0.2, 0) is 4.74 Å². The summed E-state index contributed by atoms with van der Waals surface area (Å²) in [6, 6.07) is 6.27. The third kappa shape index (κ3) is 3.26. The summed E-state index contributed by atoms with van der Waals surface area (Å²) < 4.78 is 17.9. The summed E-state index contributed by atoms with van der Waals surface area (Å²) in [4.78, 5) is 17.7. The van der Waals surface area contributed by atoms with Crippen molar-refractivity contribution in [3.63, 3.8) is 0 Å². The van der Waals surface area contributed by atoms with Crippen molar-refractivity contribution in [2.45, 2.75) is 26.0 Å². The van der Waals surface area contributed by atoms with Crippen LogP contribution in [0.25, 0.3) is 0 Å². The molecule has 2 rings (SSSR count). The number of amides is 1. The number of likely N-dealkylation sites (N-methyl/N-ethyl adjacent to an activating group) is 1. The van der Waals surface area contributed by atoms with Crippen LogP contribution in [0.3, 0.4) is 0 Å². The first-order chi connectivity index (χ1) is 9.47. The SMILES string of the molecule is CC(C)OC(=O)NC1=NCC(c2ccc(F)cc2)N1C. The zero-order valence-corrected chi connectivity index (χ0v) is 11.8. The standard InChI is InChI=1S/C14H18FN3O2/c1-9(2)20-14(19)17-13-16-8-12(18(13)3)10-4-6-11(15)7-5-10/h4-7,9,12H,8H2,1-3H3,(H,16,17,19). The van der Waals surface area contributed by atoms with Crippen LogP contribution in [0.4, 0.5) is 9.18 Å². The number of rotatable bonds is 2. The van der Waals surface area contributed by atoms with Crippen molar-refractivity contribution >= 4 is 12.1 Å². The van der Waals surface area contributed by atoms with Gasteiger partial charge >= 0.3 is 6.09 Å². The summed E-state index contributed by atoms with van der Waals surface area (Å²) in [5.41, 5.74) is 0.951. The molecule has 0 aromatic heterocycles. The maximum atomic E-state index is 12.9. The molecule has 5 nitrogen and oxygen atoms in total. The second kappa shape index (κ2) is 5.90. The van der Waals surface area contributed by atoms with Gasteiger partial charge < -0.3 is 9.64 Å². The first kappa shape index (κ1) is 14.3. The Hall–Kier alpha value is -2.11. The van der Waals surface area contributed by atoms with Crippen molar-refractivity contribution in [2.24, 2.45) is 4.99 Å². The number of carbonyl (C=O) groups excluding carboxylic acids is 1. The van der Waals surface area contributed by atoms with Crippen molar-refractivity contribution in [3.05, 3.63) is 35.6 Å². The Morgan fingerprint density at radius 1 is 1.45 bits per heavy atom. The highest BCUT2D eigenvalue weighted by Crippen LogP contribution is 2.24. The topological polar surface area (TPSA) is 53.9 Å². The molecule has 1 unspecified atom stereocenters. The number of ether oxygens (including phenoxy) is 1. The molecule has 1 aliphatic rings. The molecule has 1 amide bonds. The number of hydrogen-bond acceptors (Lipinski definition) is 4. The minimum absolute atomic E-state index is 0.00931.